The molecule has 0 saturated heterocycles. The monoisotopic (exact) mass is 444 g/mol. The second kappa shape index (κ2) is 8.22. The smallest absolute Gasteiger partial charge is 0.744 e. The minimum atomic E-state index is -5.00. The molecule has 0 saturated carbocycles. The van der Waals surface area contributed by atoms with Crippen molar-refractivity contribution in [1.82, 2.24) is 0 Å². The second-order valence-electron chi connectivity index (χ2n) is 7.14. The van der Waals surface area contributed by atoms with Gasteiger partial charge in [-0.25, -0.2) is 8.42 Å². The zero-order valence-corrected chi connectivity index (χ0v) is 20.0. The molecular weight excluding hydrogens is 427 g/mol. The number of para-hydroxylation sites is 1. The van der Waals surface area contributed by atoms with Gasteiger partial charge in [0.2, 0.25) is 0 Å². The van der Waals surface area contributed by atoms with Crippen molar-refractivity contribution in [2.24, 2.45) is 0 Å². The third kappa shape index (κ3) is 3.81. The maximum atomic E-state index is 13.3. The zero-order chi connectivity index (χ0) is 21.8. The molecule has 3 aromatic rings. The van der Waals surface area contributed by atoms with E-state index in [1.54, 1.807) is 12.1 Å². The van der Waals surface area contributed by atoms with Crippen LogP contribution in [0, 0.1) is 13.8 Å². The van der Waals surface area contributed by atoms with Gasteiger partial charge in [0.15, 0.2) is 11.6 Å². The number of hydrogen-bond acceptors (Lipinski definition) is 7. The summed E-state index contributed by atoms with van der Waals surface area (Å²) >= 11 is 0. The number of carbonyl (C=O) groups excluding carboxylic acids is 2. The standard InChI is InChI=1S/C22H18N2O5S.Na/c1-11-6-5-7-12(2)20(11)24-15-10-16(30(27,28)29)19(23)18-17(15)21(25)13-8-3-4-9-14(13)22(18)26;/h3-10,24H,23H2,1-2H3,(H,27,28,29);/q;+1/p-1. The molecule has 1 aliphatic rings. The molecule has 0 aliphatic heterocycles. The predicted octanol–water partition coefficient (Wildman–Crippen LogP) is 0.313. The van der Waals surface area contributed by atoms with Crippen molar-refractivity contribution in [3.8, 4) is 0 Å². The number of rotatable bonds is 3. The summed E-state index contributed by atoms with van der Waals surface area (Å²) in [4.78, 5) is 25.7. The number of ketones is 2. The third-order valence-corrected chi connectivity index (χ3v) is 6.09. The predicted molar refractivity (Wildman–Crippen MR) is 111 cm³/mol. The van der Waals surface area contributed by atoms with Crippen LogP contribution >= 0.6 is 0 Å². The van der Waals surface area contributed by atoms with Gasteiger partial charge < -0.3 is 15.6 Å². The van der Waals surface area contributed by atoms with E-state index in [-0.39, 0.29) is 57.5 Å². The van der Waals surface area contributed by atoms with Crippen molar-refractivity contribution in [2.45, 2.75) is 18.7 Å². The number of nitrogen functional groups attached to an aromatic ring is 1. The molecule has 0 bridgehead atoms. The van der Waals surface area contributed by atoms with Gasteiger partial charge in [-0.15, -0.1) is 0 Å². The summed E-state index contributed by atoms with van der Waals surface area (Å²) in [6, 6.07) is 12.8. The van der Waals surface area contributed by atoms with E-state index in [4.69, 9.17) is 5.73 Å². The normalized spacial score (nSPS) is 12.6. The summed E-state index contributed by atoms with van der Waals surface area (Å²) in [5.41, 5.74) is 7.76. The second-order valence-corrected chi connectivity index (χ2v) is 8.48. The summed E-state index contributed by atoms with van der Waals surface area (Å²) in [6.07, 6.45) is 0. The van der Waals surface area contributed by atoms with Crippen molar-refractivity contribution < 1.29 is 52.1 Å². The number of benzene rings is 3. The van der Waals surface area contributed by atoms with Crippen molar-refractivity contribution in [3.05, 3.63) is 81.9 Å². The summed E-state index contributed by atoms with van der Waals surface area (Å²) < 4.78 is 35.6. The summed E-state index contributed by atoms with van der Waals surface area (Å²) in [5, 5.41) is 3.06. The fourth-order valence-corrected chi connectivity index (χ4v) is 4.38. The average Bonchev–Trinajstić information content (AvgIpc) is 2.68. The van der Waals surface area contributed by atoms with E-state index in [2.05, 4.69) is 5.32 Å². The Kier molecular flexibility index (Phi) is 6.14. The van der Waals surface area contributed by atoms with Crippen molar-refractivity contribution in [3.63, 3.8) is 0 Å². The van der Waals surface area contributed by atoms with E-state index in [9.17, 15) is 22.6 Å². The zero-order valence-electron chi connectivity index (χ0n) is 17.1. The molecule has 7 nitrogen and oxygen atoms in total. The number of carbonyl (C=O) groups is 2. The maximum Gasteiger partial charge on any atom is 1.00 e. The van der Waals surface area contributed by atoms with Crippen LogP contribution < -0.4 is 40.6 Å². The van der Waals surface area contributed by atoms with E-state index < -0.39 is 32.3 Å². The number of hydrogen-bond donors (Lipinski definition) is 2. The van der Waals surface area contributed by atoms with Gasteiger partial charge in [0.1, 0.15) is 10.1 Å². The van der Waals surface area contributed by atoms with E-state index in [1.807, 2.05) is 32.0 Å². The van der Waals surface area contributed by atoms with Crippen LogP contribution in [0.25, 0.3) is 0 Å². The van der Waals surface area contributed by atoms with Gasteiger partial charge in [-0.1, -0.05) is 42.5 Å². The van der Waals surface area contributed by atoms with E-state index in [0.29, 0.717) is 5.69 Å². The van der Waals surface area contributed by atoms with Crippen molar-refractivity contribution in [1.29, 1.82) is 0 Å². The van der Waals surface area contributed by atoms with Crippen LogP contribution in [0.1, 0.15) is 43.0 Å². The molecule has 0 atom stereocenters. The topological polar surface area (TPSA) is 129 Å². The Hall–Kier alpha value is -2.49. The molecule has 9 heteroatoms. The summed E-state index contributed by atoms with van der Waals surface area (Å²) in [6.45, 7) is 3.68. The number of anilines is 3. The number of nitrogens with one attached hydrogen (secondary N) is 1. The first-order chi connectivity index (χ1) is 14.1. The van der Waals surface area contributed by atoms with E-state index in [0.717, 1.165) is 17.2 Å². The first-order valence-corrected chi connectivity index (χ1v) is 10.5. The first kappa shape index (κ1) is 23.2. The molecule has 0 unspecified atom stereocenters. The van der Waals surface area contributed by atoms with Gasteiger partial charge in [0, 0.05) is 16.8 Å². The van der Waals surface area contributed by atoms with E-state index in [1.165, 1.54) is 12.1 Å². The van der Waals surface area contributed by atoms with Gasteiger partial charge in [-0.2, -0.15) is 0 Å². The quantitative estimate of drug-likeness (QED) is 0.264. The molecule has 152 valence electrons. The Labute approximate surface area is 201 Å². The molecule has 0 aromatic heterocycles. The molecule has 0 spiro atoms. The first-order valence-electron chi connectivity index (χ1n) is 9.05. The van der Waals surface area contributed by atoms with Gasteiger partial charge in [0.25, 0.3) is 0 Å². The minimum absolute atomic E-state index is 0. The van der Waals surface area contributed by atoms with Crippen LogP contribution in [0.15, 0.2) is 53.4 Å². The Morgan fingerprint density at radius 1 is 0.871 bits per heavy atom. The number of fused-ring (bicyclic) bond motifs is 2. The largest absolute Gasteiger partial charge is 1.00 e. The van der Waals surface area contributed by atoms with Gasteiger partial charge in [-0.05, 0) is 31.0 Å². The third-order valence-electron chi connectivity index (χ3n) is 5.21. The molecule has 0 heterocycles. The van der Waals surface area contributed by atoms with Crippen LogP contribution in [-0.4, -0.2) is 24.5 Å². The van der Waals surface area contributed by atoms with Gasteiger partial charge in [0.05, 0.1) is 27.4 Å². The molecule has 0 fully saturated rings. The van der Waals surface area contributed by atoms with Crippen LogP contribution in [0.2, 0.25) is 0 Å². The Morgan fingerprint density at radius 2 is 1.39 bits per heavy atom. The molecule has 31 heavy (non-hydrogen) atoms. The number of nitrogens with two attached hydrogens (primary N) is 1. The molecular formula is C22H17N2NaO5S. The number of aryl methyl sites for hydroxylation is 2. The minimum Gasteiger partial charge on any atom is -0.744 e. The SMILES string of the molecule is Cc1cccc(C)c1Nc1cc(S(=O)(=O)[O-])c(N)c2c1C(=O)c1ccccc1C2=O.[Na+]. The fraction of sp³-hybridized carbons (Fsp3) is 0.0909. The summed E-state index contributed by atoms with van der Waals surface area (Å²) in [5.74, 6) is -1.08. The summed E-state index contributed by atoms with van der Waals surface area (Å²) in [7, 11) is -5.00. The Morgan fingerprint density at radius 3 is 1.90 bits per heavy atom. The average molecular weight is 444 g/mol. The molecule has 0 radical (unpaired) electrons. The molecule has 4 rings (SSSR count). The molecule has 0 amide bonds. The van der Waals surface area contributed by atoms with Crippen LogP contribution in [0.4, 0.5) is 17.1 Å². The molecule has 3 aromatic carbocycles. The van der Waals surface area contributed by atoms with Crippen LogP contribution in [0.3, 0.4) is 0 Å². The molecule has 1 aliphatic carbocycles. The van der Waals surface area contributed by atoms with Crippen molar-refractivity contribution >= 4 is 38.7 Å². The molecule has 3 N–H and O–H groups in total. The van der Waals surface area contributed by atoms with Gasteiger partial charge in [-0.3, -0.25) is 9.59 Å². The fourth-order valence-electron chi connectivity index (χ4n) is 3.75. The Balaban J connectivity index is 0.00000272. The van der Waals surface area contributed by atoms with Crippen molar-refractivity contribution in [2.75, 3.05) is 11.1 Å². The van der Waals surface area contributed by atoms with Crippen LogP contribution in [0.5, 0.6) is 0 Å². The van der Waals surface area contributed by atoms with Crippen LogP contribution in [-0.2, 0) is 10.1 Å². The Bertz CT molecular complexity index is 1350. The maximum absolute atomic E-state index is 13.3. The van der Waals surface area contributed by atoms with E-state index >= 15 is 0 Å². The van der Waals surface area contributed by atoms with Gasteiger partial charge >= 0.3 is 29.6 Å².